The first-order valence-corrected chi connectivity index (χ1v) is 5.87. The molecule has 0 aliphatic carbocycles. The van der Waals surface area contributed by atoms with E-state index in [1.54, 1.807) is 6.07 Å². The van der Waals surface area contributed by atoms with Gasteiger partial charge in [0.2, 0.25) is 0 Å². The zero-order chi connectivity index (χ0) is 11.5. The molecule has 1 saturated heterocycles. The molecule has 1 fully saturated rings. The molecule has 1 aromatic carbocycles. The molecule has 1 unspecified atom stereocenters. The van der Waals surface area contributed by atoms with Crippen molar-refractivity contribution in [2.45, 2.75) is 6.10 Å². The summed E-state index contributed by atoms with van der Waals surface area (Å²) in [6, 6.07) is 3.12. The van der Waals surface area contributed by atoms with Crippen molar-refractivity contribution in [1.29, 1.82) is 0 Å². The van der Waals surface area contributed by atoms with Gasteiger partial charge in [0.25, 0.3) is 0 Å². The van der Waals surface area contributed by atoms with Gasteiger partial charge in [0.05, 0.1) is 24.3 Å². The summed E-state index contributed by atoms with van der Waals surface area (Å²) in [5.74, 6) is 0.179. The van der Waals surface area contributed by atoms with E-state index in [2.05, 4.69) is 21.2 Å². The predicted octanol–water partition coefficient (Wildman–Crippen LogP) is 2.26. The van der Waals surface area contributed by atoms with Crippen LogP contribution < -0.4 is 10.1 Å². The van der Waals surface area contributed by atoms with E-state index in [0.717, 1.165) is 12.1 Å². The topological polar surface area (TPSA) is 30.5 Å². The van der Waals surface area contributed by atoms with Gasteiger partial charge in [-0.1, -0.05) is 0 Å². The Balaban J connectivity index is 2.35. The van der Waals surface area contributed by atoms with Gasteiger partial charge in [-0.3, -0.25) is 0 Å². The Morgan fingerprint density at radius 2 is 2.38 bits per heavy atom. The molecule has 88 valence electrons. The molecular formula is C11H13BrFNO2. The number of morpholine rings is 1. The quantitative estimate of drug-likeness (QED) is 0.906. The van der Waals surface area contributed by atoms with E-state index < -0.39 is 0 Å². The number of hydrogen-bond acceptors (Lipinski definition) is 3. The van der Waals surface area contributed by atoms with Gasteiger partial charge in [0, 0.05) is 18.7 Å². The second kappa shape index (κ2) is 5.12. The van der Waals surface area contributed by atoms with Gasteiger partial charge in [0.15, 0.2) is 0 Å². The molecule has 1 N–H and O–H groups in total. The minimum absolute atomic E-state index is 0.0828. The summed E-state index contributed by atoms with van der Waals surface area (Å²) < 4.78 is 24.5. The fourth-order valence-electron chi connectivity index (χ4n) is 1.77. The molecule has 0 amide bonds. The predicted molar refractivity (Wildman–Crippen MR) is 62.2 cm³/mol. The van der Waals surface area contributed by atoms with Gasteiger partial charge >= 0.3 is 0 Å². The normalized spacial score (nSPS) is 20.8. The highest BCUT2D eigenvalue weighted by molar-refractivity contribution is 9.10. The number of benzene rings is 1. The third-order valence-corrected chi connectivity index (χ3v) is 3.30. The van der Waals surface area contributed by atoms with Crippen molar-refractivity contribution in [2.24, 2.45) is 0 Å². The molecule has 1 aromatic rings. The molecule has 0 bridgehead atoms. The fourth-order valence-corrected chi connectivity index (χ4v) is 2.30. The summed E-state index contributed by atoms with van der Waals surface area (Å²) in [6.07, 6.45) is -0.0828. The maximum Gasteiger partial charge on any atom is 0.141 e. The van der Waals surface area contributed by atoms with Crippen LogP contribution in [0.15, 0.2) is 16.6 Å². The third-order valence-electron chi connectivity index (χ3n) is 2.56. The van der Waals surface area contributed by atoms with E-state index in [1.165, 1.54) is 13.2 Å². The van der Waals surface area contributed by atoms with E-state index in [9.17, 15) is 4.39 Å². The van der Waals surface area contributed by atoms with Gasteiger partial charge in [-0.25, -0.2) is 4.39 Å². The number of ether oxygens (including phenoxy) is 2. The molecule has 1 aliphatic heterocycles. The summed E-state index contributed by atoms with van der Waals surface area (Å²) in [6.45, 7) is 2.22. The molecule has 1 aliphatic rings. The SMILES string of the molecule is COc1c(C2CNCCO2)ccc(F)c1Br. The number of hydrogen-bond donors (Lipinski definition) is 1. The molecule has 16 heavy (non-hydrogen) atoms. The summed E-state index contributed by atoms with van der Waals surface area (Å²) >= 11 is 3.18. The van der Waals surface area contributed by atoms with Crippen LogP contribution in [0.1, 0.15) is 11.7 Å². The Bertz CT molecular complexity index is 380. The summed E-state index contributed by atoms with van der Waals surface area (Å²) in [5.41, 5.74) is 0.864. The highest BCUT2D eigenvalue weighted by Crippen LogP contribution is 2.36. The summed E-state index contributed by atoms with van der Waals surface area (Å²) in [5, 5.41) is 3.23. The molecule has 1 heterocycles. The minimum atomic E-state index is -0.329. The van der Waals surface area contributed by atoms with E-state index in [1.807, 2.05) is 0 Å². The van der Waals surface area contributed by atoms with E-state index >= 15 is 0 Å². The van der Waals surface area contributed by atoms with Crippen LogP contribution in [0.4, 0.5) is 4.39 Å². The standard InChI is InChI=1S/C11H13BrFNO2/c1-15-11-7(2-3-8(13)10(11)12)9-6-14-4-5-16-9/h2-3,9,14H,4-6H2,1H3. The number of rotatable bonds is 2. The minimum Gasteiger partial charge on any atom is -0.495 e. The van der Waals surface area contributed by atoms with Crippen molar-refractivity contribution in [3.63, 3.8) is 0 Å². The Kier molecular flexibility index (Phi) is 3.78. The second-order valence-corrected chi connectivity index (χ2v) is 4.34. The van der Waals surface area contributed by atoms with E-state index in [4.69, 9.17) is 9.47 Å². The zero-order valence-electron chi connectivity index (χ0n) is 8.93. The first-order chi connectivity index (χ1) is 7.74. The lowest BCUT2D eigenvalue weighted by atomic mass is 10.1. The average Bonchev–Trinajstić information content (AvgIpc) is 2.33. The molecule has 5 heteroatoms. The molecular weight excluding hydrogens is 277 g/mol. The van der Waals surface area contributed by atoms with E-state index in [0.29, 0.717) is 23.4 Å². The van der Waals surface area contributed by atoms with Crippen molar-refractivity contribution in [3.05, 3.63) is 28.0 Å². The second-order valence-electron chi connectivity index (χ2n) is 3.55. The van der Waals surface area contributed by atoms with Gasteiger partial charge < -0.3 is 14.8 Å². The highest BCUT2D eigenvalue weighted by Gasteiger charge is 2.22. The maximum absolute atomic E-state index is 13.3. The average molecular weight is 290 g/mol. The van der Waals surface area contributed by atoms with Crippen molar-refractivity contribution in [1.82, 2.24) is 5.32 Å². The fraction of sp³-hybridized carbons (Fsp3) is 0.455. The van der Waals surface area contributed by atoms with Crippen LogP contribution >= 0.6 is 15.9 Å². The Labute approximate surface area is 102 Å². The largest absolute Gasteiger partial charge is 0.495 e. The third kappa shape index (κ3) is 2.21. The number of nitrogens with one attached hydrogen (secondary N) is 1. The maximum atomic E-state index is 13.3. The monoisotopic (exact) mass is 289 g/mol. The number of methoxy groups -OCH3 is 1. The molecule has 0 radical (unpaired) electrons. The molecule has 0 spiro atoms. The Morgan fingerprint density at radius 1 is 1.56 bits per heavy atom. The van der Waals surface area contributed by atoms with Crippen LogP contribution in [0, 0.1) is 5.82 Å². The van der Waals surface area contributed by atoms with Crippen LogP contribution in [0.2, 0.25) is 0 Å². The van der Waals surface area contributed by atoms with Crippen LogP contribution in [-0.4, -0.2) is 26.8 Å². The van der Waals surface area contributed by atoms with Crippen LogP contribution in [-0.2, 0) is 4.74 Å². The lowest BCUT2D eigenvalue weighted by Crippen LogP contribution is -2.33. The van der Waals surface area contributed by atoms with Crippen molar-refractivity contribution in [3.8, 4) is 5.75 Å². The number of halogens is 2. The molecule has 2 rings (SSSR count). The Morgan fingerprint density at radius 3 is 3.00 bits per heavy atom. The van der Waals surface area contributed by atoms with Gasteiger partial charge in [-0.15, -0.1) is 0 Å². The lowest BCUT2D eigenvalue weighted by Gasteiger charge is -2.25. The lowest BCUT2D eigenvalue weighted by molar-refractivity contribution is 0.0261. The first-order valence-electron chi connectivity index (χ1n) is 5.08. The smallest absolute Gasteiger partial charge is 0.141 e. The van der Waals surface area contributed by atoms with Gasteiger partial charge in [-0.05, 0) is 28.1 Å². The summed E-state index contributed by atoms with van der Waals surface area (Å²) in [7, 11) is 1.53. The van der Waals surface area contributed by atoms with Crippen LogP contribution in [0.5, 0.6) is 5.75 Å². The van der Waals surface area contributed by atoms with Crippen molar-refractivity contribution < 1.29 is 13.9 Å². The zero-order valence-corrected chi connectivity index (χ0v) is 10.5. The Hall–Kier alpha value is -0.650. The highest BCUT2D eigenvalue weighted by atomic mass is 79.9. The molecule has 0 saturated carbocycles. The first kappa shape index (κ1) is 11.8. The van der Waals surface area contributed by atoms with Crippen LogP contribution in [0.25, 0.3) is 0 Å². The molecule has 1 atom stereocenters. The van der Waals surface area contributed by atoms with Crippen LogP contribution in [0.3, 0.4) is 0 Å². The van der Waals surface area contributed by atoms with Crippen molar-refractivity contribution >= 4 is 15.9 Å². The summed E-state index contributed by atoms with van der Waals surface area (Å²) in [4.78, 5) is 0. The van der Waals surface area contributed by atoms with Gasteiger partial charge in [-0.2, -0.15) is 0 Å². The molecule has 3 nitrogen and oxygen atoms in total. The van der Waals surface area contributed by atoms with Crippen molar-refractivity contribution in [2.75, 3.05) is 26.8 Å². The van der Waals surface area contributed by atoms with Gasteiger partial charge in [0.1, 0.15) is 11.6 Å². The molecule has 0 aromatic heterocycles. The van der Waals surface area contributed by atoms with E-state index in [-0.39, 0.29) is 11.9 Å².